The molecule has 0 aromatic carbocycles. The van der Waals surface area contributed by atoms with Crippen molar-refractivity contribution >= 4 is 0 Å². The van der Waals surface area contributed by atoms with Crippen molar-refractivity contribution in [2.75, 3.05) is 0 Å². The zero-order chi connectivity index (χ0) is 11.4. The van der Waals surface area contributed by atoms with Gasteiger partial charge in [0.25, 0.3) is 0 Å². The van der Waals surface area contributed by atoms with Crippen LogP contribution in [0.3, 0.4) is 0 Å². The van der Waals surface area contributed by atoms with Crippen molar-refractivity contribution < 1.29 is 13.2 Å². The zero-order valence-corrected chi connectivity index (χ0v) is 8.28. The molecule has 0 saturated heterocycles. The van der Waals surface area contributed by atoms with Crippen molar-refractivity contribution in [2.45, 2.75) is 20.0 Å². The molecule has 0 aromatic rings. The third-order valence-corrected chi connectivity index (χ3v) is 1.80. The van der Waals surface area contributed by atoms with Gasteiger partial charge in [0.05, 0.1) is 5.57 Å². The molecule has 0 aliphatic carbocycles. The Bertz CT molecular complexity index is 290. The van der Waals surface area contributed by atoms with Crippen molar-refractivity contribution in [1.29, 1.82) is 0 Å². The van der Waals surface area contributed by atoms with Crippen LogP contribution in [0.2, 0.25) is 0 Å². The van der Waals surface area contributed by atoms with Crippen LogP contribution in [0.25, 0.3) is 0 Å². The maximum Gasteiger partial charge on any atom is 0.416 e. The molecule has 0 heterocycles. The van der Waals surface area contributed by atoms with Crippen LogP contribution in [-0.2, 0) is 0 Å². The van der Waals surface area contributed by atoms with Gasteiger partial charge in [-0.3, -0.25) is 0 Å². The summed E-state index contributed by atoms with van der Waals surface area (Å²) in [6, 6.07) is 0. The molecule has 0 N–H and O–H groups in total. The highest BCUT2D eigenvalue weighted by Crippen LogP contribution is 2.33. The summed E-state index contributed by atoms with van der Waals surface area (Å²) >= 11 is 0. The first-order valence-electron chi connectivity index (χ1n) is 4.10. The van der Waals surface area contributed by atoms with E-state index < -0.39 is 11.7 Å². The van der Waals surface area contributed by atoms with Gasteiger partial charge in [-0.05, 0) is 25.0 Å². The van der Waals surface area contributed by atoms with Gasteiger partial charge in [-0.25, -0.2) is 0 Å². The fourth-order valence-electron chi connectivity index (χ4n) is 1.08. The van der Waals surface area contributed by atoms with Gasteiger partial charge < -0.3 is 0 Å². The topological polar surface area (TPSA) is 0 Å². The lowest BCUT2D eigenvalue weighted by Crippen LogP contribution is -2.14. The fourth-order valence-corrected chi connectivity index (χ4v) is 1.08. The van der Waals surface area contributed by atoms with Gasteiger partial charge in [0.2, 0.25) is 0 Å². The van der Waals surface area contributed by atoms with E-state index in [4.69, 9.17) is 0 Å². The Balaban J connectivity index is 5.12. The minimum absolute atomic E-state index is 0.0440. The third kappa shape index (κ3) is 2.91. The fraction of sp³-hybridized carbons (Fsp3) is 0.273. The number of hydrogen-bond acceptors (Lipinski definition) is 0. The quantitative estimate of drug-likeness (QED) is 0.602. The molecular weight excluding hydrogens is 189 g/mol. The lowest BCUT2D eigenvalue weighted by molar-refractivity contribution is -0.0891. The van der Waals surface area contributed by atoms with E-state index in [1.54, 1.807) is 13.0 Å². The van der Waals surface area contributed by atoms with Crippen LogP contribution in [0.4, 0.5) is 13.2 Å². The summed E-state index contributed by atoms with van der Waals surface area (Å²) in [5.41, 5.74) is -0.363. The molecule has 0 atom stereocenters. The first-order valence-corrected chi connectivity index (χ1v) is 4.10. The number of alkyl halides is 3. The minimum atomic E-state index is -4.36. The molecule has 14 heavy (non-hydrogen) atoms. The molecule has 0 aliphatic rings. The van der Waals surface area contributed by atoms with Crippen molar-refractivity contribution in [1.82, 2.24) is 0 Å². The van der Waals surface area contributed by atoms with Crippen LogP contribution in [0.5, 0.6) is 0 Å². The maximum atomic E-state index is 12.4. The van der Waals surface area contributed by atoms with E-state index in [0.29, 0.717) is 5.57 Å². The van der Waals surface area contributed by atoms with Crippen molar-refractivity contribution in [3.63, 3.8) is 0 Å². The molecule has 78 valence electrons. The van der Waals surface area contributed by atoms with Crippen molar-refractivity contribution in [3.05, 3.63) is 48.1 Å². The van der Waals surface area contributed by atoms with Crippen molar-refractivity contribution in [3.8, 4) is 0 Å². The Morgan fingerprint density at radius 2 is 1.64 bits per heavy atom. The third-order valence-electron chi connectivity index (χ3n) is 1.80. The summed E-state index contributed by atoms with van der Waals surface area (Å²) in [5.74, 6) is 0. The van der Waals surface area contributed by atoms with Gasteiger partial charge in [-0.1, -0.05) is 31.4 Å². The summed E-state index contributed by atoms with van der Waals surface area (Å²) in [4.78, 5) is 0. The highest BCUT2D eigenvalue weighted by atomic mass is 19.4. The van der Waals surface area contributed by atoms with Crippen LogP contribution >= 0.6 is 0 Å². The smallest absolute Gasteiger partial charge is 0.166 e. The molecule has 0 saturated carbocycles. The molecule has 3 heteroatoms. The predicted octanol–water partition coefficient (Wildman–Crippen LogP) is 4.18. The van der Waals surface area contributed by atoms with Gasteiger partial charge in [0.1, 0.15) is 0 Å². The molecule has 0 amide bonds. The highest BCUT2D eigenvalue weighted by molar-refractivity contribution is 5.50. The Labute approximate surface area is 82.1 Å². The number of halogens is 3. The second kappa shape index (κ2) is 4.84. The predicted molar refractivity (Wildman–Crippen MR) is 52.9 cm³/mol. The summed E-state index contributed by atoms with van der Waals surface area (Å²) in [7, 11) is 0. The average molecular weight is 202 g/mol. The normalized spacial score (nSPS) is 14.1. The SMILES string of the molecule is C=C/C(=C\C)C(=C)/C(=C\C)C(F)(F)F. The average Bonchev–Trinajstić information content (AvgIpc) is 2.05. The molecule has 0 fully saturated rings. The molecular formula is C11H13F3. The lowest BCUT2D eigenvalue weighted by Gasteiger charge is -2.14. The first kappa shape index (κ1) is 12.8. The standard InChI is InChI=1S/C11H13F3/c1-5-9(6-2)8(4)10(7-3)11(12,13)14/h5-7H,1,4H2,2-3H3/b9-6+,10-7+. The largest absolute Gasteiger partial charge is 0.416 e. The Morgan fingerprint density at radius 1 is 1.14 bits per heavy atom. The minimum Gasteiger partial charge on any atom is -0.166 e. The van der Waals surface area contributed by atoms with Gasteiger partial charge in [0.15, 0.2) is 0 Å². The summed E-state index contributed by atoms with van der Waals surface area (Å²) in [6.45, 7) is 9.82. The van der Waals surface area contributed by atoms with Crippen LogP contribution in [-0.4, -0.2) is 6.18 Å². The van der Waals surface area contributed by atoms with Gasteiger partial charge in [0, 0.05) is 0 Å². The summed E-state index contributed by atoms with van der Waals surface area (Å²) in [5, 5.41) is 0. The van der Waals surface area contributed by atoms with Crippen LogP contribution in [0, 0.1) is 0 Å². The second-order valence-electron chi connectivity index (χ2n) is 2.63. The molecule has 0 nitrogen and oxygen atoms in total. The van der Waals surface area contributed by atoms with Crippen LogP contribution < -0.4 is 0 Å². The molecule has 0 rings (SSSR count). The molecule has 0 radical (unpaired) electrons. The van der Waals surface area contributed by atoms with Crippen LogP contribution in [0.15, 0.2) is 48.1 Å². The number of hydrogen-bond donors (Lipinski definition) is 0. The van der Waals surface area contributed by atoms with Gasteiger partial charge >= 0.3 is 6.18 Å². The number of allylic oxidation sites excluding steroid dienone is 6. The van der Waals surface area contributed by atoms with Gasteiger partial charge in [-0.15, -0.1) is 0 Å². The Kier molecular flexibility index (Phi) is 4.41. The van der Waals surface area contributed by atoms with E-state index in [9.17, 15) is 13.2 Å². The zero-order valence-electron chi connectivity index (χ0n) is 8.28. The second-order valence-corrected chi connectivity index (χ2v) is 2.63. The Morgan fingerprint density at radius 3 is 1.86 bits per heavy atom. The molecule has 0 aromatic heterocycles. The maximum absolute atomic E-state index is 12.4. The van der Waals surface area contributed by atoms with E-state index in [-0.39, 0.29) is 5.57 Å². The first-order chi connectivity index (χ1) is 6.38. The monoisotopic (exact) mass is 202 g/mol. The van der Waals surface area contributed by atoms with Crippen LogP contribution in [0.1, 0.15) is 13.8 Å². The summed E-state index contributed by atoms with van der Waals surface area (Å²) < 4.78 is 37.2. The highest BCUT2D eigenvalue weighted by Gasteiger charge is 2.34. The van der Waals surface area contributed by atoms with E-state index in [1.165, 1.54) is 13.0 Å². The van der Waals surface area contributed by atoms with E-state index in [2.05, 4.69) is 13.2 Å². The Hall–Kier alpha value is -1.25. The van der Waals surface area contributed by atoms with E-state index in [0.717, 1.165) is 6.08 Å². The number of rotatable bonds is 3. The molecule has 0 unspecified atom stereocenters. The van der Waals surface area contributed by atoms with E-state index >= 15 is 0 Å². The molecule has 0 spiro atoms. The molecule has 0 bridgehead atoms. The molecule has 0 aliphatic heterocycles. The van der Waals surface area contributed by atoms with Gasteiger partial charge in [-0.2, -0.15) is 13.2 Å². The van der Waals surface area contributed by atoms with E-state index in [1.807, 2.05) is 0 Å². The lowest BCUT2D eigenvalue weighted by atomic mass is 9.99. The summed E-state index contributed by atoms with van der Waals surface area (Å²) in [6.07, 6.45) is -0.444. The van der Waals surface area contributed by atoms with Crippen molar-refractivity contribution in [2.24, 2.45) is 0 Å².